The summed E-state index contributed by atoms with van der Waals surface area (Å²) in [4.78, 5) is 60.0. The smallest absolute Gasteiger partial charge is 0.457 e. The number of carbonyl (C=O) groups is 5. The van der Waals surface area contributed by atoms with Gasteiger partial charge in [-0.3, -0.25) is 23.8 Å². The van der Waals surface area contributed by atoms with Crippen molar-refractivity contribution in [1.82, 2.24) is 10.2 Å². The van der Waals surface area contributed by atoms with Gasteiger partial charge in [0.15, 0.2) is 6.23 Å². The lowest BCUT2D eigenvalue weighted by atomic mass is 10.2. The first-order valence-electron chi connectivity index (χ1n) is 11.0. The van der Waals surface area contributed by atoms with Crippen molar-refractivity contribution in [3.8, 4) is 0 Å². The van der Waals surface area contributed by atoms with Crippen molar-refractivity contribution in [3.05, 3.63) is 11.8 Å². The molecule has 0 spiro atoms. The Labute approximate surface area is 209 Å². The number of carbonyl (C=O) groups excluding carboxylic acids is 5. The van der Waals surface area contributed by atoms with E-state index in [2.05, 4.69) is 10.1 Å². The van der Waals surface area contributed by atoms with Crippen molar-refractivity contribution in [2.75, 3.05) is 20.4 Å². The molecule has 1 N–H and O–H groups in total. The van der Waals surface area contributed by atoms with Gasteiger partial charge in [0.1, 0.15) is 6.17 Å². The standard InChI is InChI=1S/C21H32FN2O11P/c1-12(2)33-19(27)20(28)36(32-11-30-21(29)34-13(3)4)31-9-15-7-16(22)18(35-15)24(10-25)8-14(5)17(26)23-6/h8,10,12-13,15-16,18H,7,9,11H2,1-6H3,(H,23,26)/b14-8-. The van der Waals surface area contributed by atoms with Crippen molar-refractivity contribution in [2.24, 2.45) is 0 Å². The third-order valence-electron chi connectivity index (χ3n) is 4.21. The number of hydrogen-bond acceptors (Lipinski definition) is 11. The summed E-state index contributed by atoms with van der Waals surface area (Å²) in [6, 6.07) is 0. The average Bonchev–Trinajstić information content (AvgIpc) is 3.17. The fraction of sp³-hybridized carbons (Fsp3) is 0.667. The second-order valence-corrected chi connectivity index (χ2v) is 9.40. The topological polar surface area (TPSA) is 156 Å². The summed E-state index contributed by atoms with van der Waals surface area (Å²) in [5, 5.41) is 2.38. The van der Waals surface area contributed by atoms with Crippen LogP contribution < -0.4 is 5.32 Å². The number of halogens is 1. The Morgan fingerprint density at radius 1 is 1.14 bits per heavy atom. The highest BCUT2D eigenvalue weighted by atomic mass is 31.2. The predicted molar refractivity (Wildman–Crippen MR) is 122 cm³/mol. The van der Waals surface area contributed by atoms with Crippen LogP contribution in [0.5, 0.6) is 0 Å². The monoisotopic (exact) mass is 538 g/mol. The SMILES string of the molecule is CNC(=O)/C(C)=C\N(C=O)C1OC(COP(OCOC(=O)OC(C)C)C(=O)C(=O)OC(C)C)CC1F. The van der Waals surface area contributed by atoms with Gasteiger partial charge in [-0.05, 0) is 34.6 Å². The summed E-state index contributed by atoms with van der Waals surface area (Å²) >= 11 is 0. The number of ether oxygens (including phenoxy) is 4. The van der Waals surface area contributed by atoms with Crippen molar-refractivity contribution in [1.29, 1.82) is 0 Å². The molecule has 13 nitrogen and oxygen atoms in total. The fourth-order valence-corrected chi connectivity index (χ4v) is 3.67. The Bertz CT molecular complexity index is 824. The molecular weight excluding hydrogens is 506 g/mol. The van der Waals surface area contributed by atoms with E-state index in [-0.39, 0.29) is 12.0 Å². The lowest BCUT2D eigenvalue weighted by Gasteiger charge is -2.23. The van der Waals surface area contributed by atoms with Crippen LogP contribution in [0, 0.1) is 0 Å². The average molecular weight is 538 g/mol. The fourth-order valence-electron chi connectivity index (χ4n) is 2.71. The Morgan fingerprint density at radius 3 is 2.33 bits per heavy atom. The summed E-state index contributed by atoms with van der Waals surface area (Å²) in [6.45, 7) is 6.53. The lowest BCUT2D eigenvalue weighted by Crippen LogP contribution is -2.36. The maximum Gasteiger partial charge on any atom is 0.510 e. The molecule has 4 unspecified atom stereocenters. The zero-order valence-corrected chi connectivity index (χ0v) is 21.8. The van der Waals surface area contributed by atoms with E-state index in [0.29, 0.717) is 6.41 Å². The van der Waals surface area contributed by atoms with Crippen molar-refractivity contribution >= 4 is 38.3 Å². The molecule has 36 heavy (non-hydrogen) atoms. The maximum absolute atomic E-state index is 14.6. The third-order valence-corrected chi connectivity index (χ3v) is 5.45. The molecule has 0 saturated carbocycles. The van der Waals surface area contributed by atoms with Crippen LogP contribution >= 0.6 is 8.38 Å². The number of alkyl halides is 1. The van der Waals surface area contributed by atoms with Gasteiger partial charge in [0.25, 0.3) is 8.38 Å². The van der Waals surface area contributed by atoms with E-state index < -0.39 is 76.0 Å². The summed E-state index contributed by atoms with van der Waals surface area (Å²) in [7, 11) is -1.23. The highest BCUT2D eigenvalue weighted by Crippen LogP contribution is 2.41. The molecule has 4 atom stereocenters. The molecule has 2 amide bonds. The number of esters is 1. The molecule has 0 aliphatic carbocycles. The van der Waals surface area contributed by atoms with E-state index in [4.69, 9.17) is 23.3 Å². The van der Waals surface area contributed by atoms with Crippen molar-refractivity contribution < 1.29 is 56.4 Å². The molecule has 0 aromatic carbocycles. The van der Waals surface area contributed by atoms with Gasteiger partial charge in [0.05, 0.1) is 24.9 Å². The third kappa shape index (κ3) is 10.5. The predicted octanol–water partition coefficient (Wildman–Crippen LogP) is 1.89. The van der Waals surface area contributed by atoms with E-state index in [9.17, 15) is 28.4 Å². The molecule has 0 aromatic rings. The van der Waals surface area contributed by atoms with Crippen LogP contribution in [0.15, 0.2) is 11.8 Å². The first-order chi connectivity index (χ1) is 16.9. The van der Waals surface area contributed by atoms with Crippen LogP contribution in [0.3, 0.4) is 0 Å². The minimum atomic E-state index is -2.63. The maximum atomic E-state index is 14.6. The molecule has 15 heteroatoms. The van der Waals surface area contributed by atoms with Gasteiger partial charge >= 0.3 is 17.6 Å². The Balaban J connectivity index is 2.82. The van der Waals surface area contributed by atoms with Gasteiger partial charge < -0.3 is 28.8 Å². The highest BCUT2D eigenvalue weighted by molar-refractivity contribution is 7.69. The number of likely N-dealkylation sites (N-methyl/N-ethyl adjacent to an activating group) is 1. The molecule has 204 valence electrons. The van der Waals surface area contributed by atoms with Crippen LogP contribution in [-0.4, -0.2) is 86.0 Å². The number of rotatable bonds is 14. The van der Waals surface area contributed by atoms with Gasteiger partial charge in [0, 0.05) is 25.2 Å². The van der Waals surface area contributed by atoms with E-state index in [1.54, 1.807) is 13.8 Å². The van der Waals surface area contributed by atoms with E-state index >= 15 is 0 Å². The first kappa shape index (κ1) is 31.4. The minimum absolute atomic E-state index is 0.141. The van der Waals surface area contributed by atoms with Gasteiger partial charge in [-0.15, -0.1) is 0 Å². The van der Waals surface area contributed by atoms with Crippen molar-refractivity contribution in [2.45, 2.75) is 71.8 Å². The second-order valence-electron chi connectivity index (χ2n) is 7.96. The molecule has 1 fully saturated rings. The first-order valence-corrected chi connectivity index (χ1v) is 12.1. The number of hydrogen-bond donors (Lipinski definition) is 1. The summed E-state index contributed by atoms with van der Waals surface area (Å²) < 4.78 is 44.9. The van der Waals surface area contributed by atoms with Crippen LogP contribution in [0.1, 0.15) is 41.0 Å². The van der Waals surface area contributed by atoms with Gasteiger partial charge in [0.2, 0.25) is 19.1 Å². The summed E-state index contributed by atoms with van der Waals surface area (Å²) in [5.74, 6) is -1.69. The molecule has 0 aromatic heterocycles. The number of amides is 2. The summed E-state index contributed by atoms with van der Waals surface area (Å²) in [5.41, 5.74) is -1.02. The van der Waals surface area contributed by atoms with Gasteiger partial charge in [-0.2, -0.15) is 0 Å². The van der Waals surface area contributed by atoms with Gasteiger partial charge in [-0.25, -0.2) is 14.0 Å². The summed E-state index contributed by atoms with van der Waals surface area (Å²) in [6.07, 6.45) is -4.80. The molecule has 1 aliphatic heterocycles. The zero-order chi connectivity index (χ0) is 27.4. The molecule has 0 bridgehead atoms. The quantitative estimate of drug-likeness (QED) is 0.0860. The largest absolute Gasteiger partial charge is 0.510 e. The Kier molecular flexibility index (Phi) is 13.5. The molecule has 1 saturated heterocycles. The molecule has 1 aliphatic rings. The van der Waals surface area contributed by atoms with Crippen LogP contribution in [0.2, 0.25) is 0 Å². The second kappa shape index (κ2) is 15.4. The number of nitrogens with one attached hydrogen (secondary N) is 1. The van der Waals surface area contributed by atoms with Gasteiger partial charge in [-0.1, -0.05) is 0 Å². The Morgan fingerprint density at radius 2 is 1.78 bits per heavy atom. The zero-order valence-electron chi connectivity index (χ0n) is 20.9. The van der Waals surface area contributed by atoms with E-state index in [0.717, 1.165) is 11.1 Å². The molecule has 0 radical (unpaired) electrons. The number of nitrogens with zero attached hydrogens (tertiary/aromatic N) is 1. The highest BCUT2D eigenvalue weighted by Gasteiger charge is 2.40. The van der Waals surface area contributed by atoms with E-state index in [1.807, 2.05) is 0 Å². The van der Waals surface area contributed by atoms with Crippen molar-refractivity contribution in [3.63, 3.8) is 0 Å². The minimum Gasteiger partial charge on any atom is -0.457 e. The molecule has 1 heterocycles. The van der Waals surface area contributed by atoms with Crippen LogP contribution in [0.4, 0.5) is 9.18 Å². The van der Waals surface area contributed by atoms with Crippen LogP contribution in [-0.2, 0) is 47.2 Å². The normalized spacial score (nSPS) is 20.6. The Hall–Kier alpha value is -2.67. The lowest BCUT2D eigenvalue weighted by molar-refractivity contribution is -0.154. The molecular formula is C21H32FN2O11P. The molecule has 1 rings (SSSR count). The van der Waals surface area contributed by atoms with E-state index in [1.165, 1.54) is 27.8 Å². The van der Waals surface area contributed by atoms with Crippen LogP contribution in [0.25, 0.3) is 0 Å².